The summed E-state index contributed by atoms with van der Waals surface area (Å²) in [6.45, 7) is 4.56. The topological polar surface area (TPSA) is 42.0 Å². The zero-order valence-electron chi connectivity index (χ0n) is 11.3. The van der Waals surface area contributed by atoms with E-state index in [1.54, 1.807) is 18.2 Å². The maximum atomic E-state index is 12.8. The van der Waals surface area contributed by atoms with E-state index in [0.717, 1.165) is 22.9 Å². The third-order valence-corrected chi connectivity index (χ3v) is 3.78. The van der Waals surface area contributed by atoms with E-state index in [0.29, 0.717) is 4.88 Å². The highest BCUT2D eigenvalue weighted by atomic mass is 32.1. The second kappa shape index (κ2) is 6.43. The van der Waals surface area contributed by atoms with Crippen LogP contribution in [0.5, 0.6) is 0 Å². The molecule has 0 fully saturated rings. The van der Waals surface area contributed by atoms with Crippen molar-refractivity contribution in [2.45, 2.75) is 13.8 Å². The molecule has 2 rings (SSSR count). The van der Waals surface area contributed by atoms with Gasteiger partial charge in [0.1, 0.15) is 5.82 Å². The second-order valence-electron chi connectivity index (χ2n) is 4.21. The largest absolute Gasteiger partial charge is 0.362 e. The molecular formula is C15H15FN2OS. The van der Waals surface area contributed by atoms with Gasteiger partial charge in [-0.15, -0.1) is 0 Å². The number of halogens is 1. The Morgan fingerprint density at radius 2 is 2.10 bits per heavy atom. The smallest absolute Gasteiger partial charge is 0.197 e. The molecule has 0 amide bonds. The molecule has 0 spiro atoms. The summed E-state index contributed by atoms with van der Waals surface area (Å²) in [5.41, 5.74) is 1.51. The van der Waals surface area contributed by atoms with E-state index in [-0.39, 0.29) is 11.6 Å². The maximum Gasteiger partial charge on any atom is 0.197 e. The van der Waals surface area contributed by atoms with Crippen molar-refractivity contribution in [2.75, 3.05) is 11.9 Å². The monoisotopic (exact) mass is 290 g/mol. The Kier molecular flexibility index (Phi) is 4.63. The van der Waals surface area contributed by atoms with E-state index in [1.165, 1.54) is 29.5 Å². The summed E-state index contributed by atoms with van der Waals surface area (Å²) in [5.74, 6) is -0.379. The van der Waals surface area contributed by atoms with Crippen LogP contribution in [-0.4, -0.2) is 17.3 Å². The van der Waals surface area contributed by atoms with Gasteiger partial charge in [0.25, 0.3) is 0 Å². The number of aryl methyl sites for hydroxylation is 1. The van der Waals surface area contributed by atoms with Gasteiger partial charge in [-0.3, -0.25) is 4.79 Å². The first-order chi connectivity index (χ1) is 9.60. The van der Waals surface area contributed by atoms with Crippen LogP contribution in [0.25, 0.3) is 6.08 Å². The Hall–Kier alpha value is -2.01. The lowest BCUT2D eigenvalue weighted by molar-refractivity contribution is 0.105. The van der Waals surface area contributed by atoms with Crippen LogP contribution in [0.2, 0.25) is 0 Å². The Morgan fingerprint density at radius 3 is 2.75 bits per heavy atom. The molecule has 3 nitrogen and oxygen atoms in total. The van der Waals surface area contributed by atoms with Gasteiger partial charge in [0.15, 0.2) is 10.9 Å². The van der Waals surface area contributed by atoms with E-state index in [4.69, 9.17) is 0 Å². The van der Waals surface area contributed by atoms with Crippen LogP contribution in [0.3, 0.4) is 0 Å². The second-order valence-corrected chi connectivity index (χ2v) is 5.21. The molecule has 1 heterocycles. The van der Waals surface area contributed by atoms with E-state index in [9.17, 15) is 9.18 Å². The minimum Gasteiger partial charge on any atom is -0.362 e. The molecule has 1 aromatic carbocycles. The lowest BCUT2D eigenvalue weighted by Gasteiger charge is -1.94. The highest BCUT2D eigenvalue weighted by Gasteiger charge is 2.12. The van der Waals surface area contributed by atoms with Crippen LogP contribution in [0.15, 0.2) is 30.3 Å². The maximum absolute atomic E-state index is 12.8. The van der Waals surface area contributed by atoms with Gasteiger partial charge in [0, 0.05) is 6.54 Å². The molecule has 0 aliphatic rings. The predicted molar refractivity (Wildman–Crippen MR) is 80.8 cm³/mol. The molecule has 5 heteroatoms. The number of allylic oxidation sites excluding steroid dienone is 1. The number of thiazole rings is 1. The summed E-state index contributed by atoms with van der Waals surface area (Å²) in [7, 11) is 0. The van der Waals surface area contributed by atoms with Gasteiger partial charge in [-0.05, 0) is 37.6 Å². The first kappa shape index (κ1) is 14.4. The van der Waals surface area contributed by atoms with Gasteiger partial charge in [0.2, 0.25) is 0 Å². The van der Waals surface area contributed by atoms with E-state index >= 15 is 0 Å². The number of benzene rings is 1. The zero-order valence-corrected chi connectivity index (χ0v) is 12.1. The van der Waals surface area contributed by atoms with Crippen molar-refractivity contribution >= 4 is 28.3 Å². The van der Waals surface area contributed by atoms with Crippen LogP contribution in [0.1, 0.15) is 27.9 Å². The molecule has 0 radical (unpaired) electrons. The Bertz CT molecular complexity index is 632. The van der Waals surface area contributed by atoms with Crippen molar-refractivity contribution in [3.8, 4) is 0 Å². The van der Waals surface area contributed by atoms with Crippen LogP contribution in [0, 0.1) is 12.7 Å². The van der Waals surface area contributed by atoms with Crippen LogP contribution in [0.4, 0.5) is 9.52 Å². The molecule has 0 atom stereocenters. The van der Waals surface area contributed by atoms with Crippen molar-refractivity contribution in [1.82, 2.24) is 4.98 Å². The quantitative estimate of drug-likeness (QED) is 0.670. The fraction of sp³-hybridized carbons (Fsp3) is 0.200. The summed E-state index contributed by atoms with van der Waals surface area (Å²) in [5, 5.41) is 3.85. The first-order valence-corrected chi connectivity index (χ1v) is 7.11. The summed E-state index contributed by atoms with van der Waals surface area (Å²) in [6, 6.07) is 5.99. The lowest BCUT2D eigenvalue weighted by atomic mass is 10.2. The fourth-order valence-corrected chi connectivity index (χ4v) is 2.63. The third kappa shape index (κ3) is 3.51. The van der Waals surface area contributed by atoms with Crippen molar-refractivity contribution in [1.29, 1.82) is 0 Å². The Balaban J connectivity index is 2.13. The number of hydrogen-bond donors (Lipinski definition) is 1. The predicted octanol–water partition coefficient (Wildman–Crippen LogP) is 3.92. The minimum atomic E-state index is -0.290. The molecule has 0 saturated heterocycles. The first-order valence-electron chi connectivity index (χ1n) is 6.29. The number of nitrogens with zero attached hydrogens (tertiary/aromatic N) is 1. The van der Waals surface area contributed by atoms with Crippen LogP contribution < -0.4 is 5.32 Å². The van der Waals surface area contributed by atoms with Gasteiger partial charge >= 0.3 is 0 Å². The van der Waals surface area contributed by atoms with Gasteiger partial charge in [-0.2, -0.15) is 0 Å². The summed E-state index contributed by atoms with van der Waals surface area (Å²) < 4.78 is 12.8. The van der Waals surface area contributed by atoms with Crippen molar-refractivity contribution in [2.24, 2.45) is 0 Å². The summed E-state index contributed by atoms with van der Waals surface area (Å²) >= 11 is 1.35. The molecule has 104 valence electrons. The van der Waals surface area contributed by atoms with Crippen molar-refractivity contribution in [3.05, 3.63) is 52.3 Å². The number of carbonyl (C=O) groups excluding carboxylic acids is 1. The SMILES string of the molecule is CCNc1nc(C)c(C(=O)/C=C/c2ccc(F)cc2)s1. The zero-order chi connectivity index (χ0) is 14.5. The van der Waals surface area contributed by atoms with Gasteiger partial charge in [-0.25, -0.2) is 9.37 Å². The van der Waals surface area contributed by atoms with E-state index in [1.807, 2.05) is 13.8 Å². The average Bonchev–Trinajstić information content (AvgIpc) is 2.79. The summed E-state index contributed by atoms with van der Waals surface area (Å²) in [4.78, 5) is 17.0. The number of hydrogen-bond acceptors (Lipinski definition) is 4. The van der Waals surface area contributed by atoms with E-state index in [2.05, 4.69) is 10.3 Å². The highest BCUT2D eigenvalue weighted by Crippen LogP contribution is 2.23. The molecular weight excluding hydrogens is 275 g/mol. The molecule has 20 heavy (non-hydrogen) atoms. The average molecular weight is 290 g/mol. The van der Waals surface area contributed by atoms with Crippen LogP contribution in [-0.2, 0) is 0 Å². The van der Waals surface area contributed by atoms with Gasteiger partial charge in [0.05, 0.1) is 10.6 Å². The molecule has 0 unspecified atom stereocenters. The van der Waals surface area contributed by atoms with Crippen molar-refractivity contribution < 1.29 is 9.18 Å². The Labute approximate surface area is 121 Å². The number of ketones is 1. The molecule has 0 aliphatic heterocycles. The van der Waals surface area contributed by atoms with Crippen LogP contribution >= 0.6 is 11.3 Å². The molecule has 1 N–H and O–H groups in total. The number of anilines is 1. The molecule has 0 bridgehead atoms. The summed E-state index contributed by atoms with van der Waals surface area (Å²) in [6.07, 6.45) is 3.16. The Morgan fingerprint density at radius 1 is 1.40 bits per heavy atom. The lowest BCUT2D eigenvalue weighted by Crippen LogP contribution is -1.94. The fourth-order valence-electron chi connectivity index (χ4n) is 1.67. The number of nitrogens with one attached hydrogen (secondary N) is 1. The number of aromatic nitrogens is 1. The standard InChI is InChI=1S/C15H15FN2OS/c1-3-17-15-18-10(2)14(20-15)13(19)9-6-11-4-7-12(16)8-5-11/h4-9H,3H2,1-2H3,(H,17,18)/b9-6+. The molecule has 0 aliphatic carbocycles. The van der Waals surface area contributed by atoms with Crippen molar-refractivity contribution in [3.63, 3.8) is 0 Å². The third-order valence-electron chi connectivity index (χ3n) is 2.65. The number of carbonyl (C=O) groups is 1. The molecule has 2 aromatic rings. The highest BCUT2D eigenvalue weighted by molar-refractivity contribution is 7.17. The normalized spacial score (nSPS) is 10.9. The number of rotatable bonds is 5. The minimum absolute atomic E-state index is 0.0894. The molecule has 1 aromatic heterocycles. The van der Waals surface area contributed by atoms with E-state index < -0.39 is 0 Å². The molecule has 0 saturated carbocycles. The van der Waals surface area contributed by atoms with Gasteiger partial charge in [-0.1, -0.05) is 29.5 Å². The van der Waals surface area contributed by atoms with Gasteiger partial charge < -0.3 is 5.32 Å².